The van der Waals surface area contributed by atoms with Gasteiger partial charge in [0.25, 0.3) is 0 Å². The summed E-state index contributed by atoms with van der Waals surface area (Å²) in [6.07, 6.45) is 0. The Balaban J connectivity index is 2.91. The second-order valence-corrected chi connectivity index (χ2v) is 6.56. The van der Waals surface area contributed by atoms with Crippen molar-refractivity contribution in [2.75, 3.05) is 20.8 Å². The highest BCUT2D eigenvalue weighted by Gasteiger charge is 2.25. The van der Waals surface area contributed by atoms with Gasteiger partial charge >= 0.3 is 0 Å². The molecule has 102 valence electrons. The summed E-state index contributed by atoms with van der Waals surface area (Å²) in [4.78, 5) is 0. The number of nitrogens with zero attached hydrogens (tertiary/aromatic N) is 1. The summed E-state index contributed by atoms with van der Waals surface area (Å²) in [6, 6.07) is 7.25. The van der Waals surface area contributed by atoms with Crippen LogP contribution in [0.15, 0.2) is 24.3 Å². The van der Waals surface area contributed by atoms with Crippen LogP contribution in [-0.2, 0) is 16.6 Å². The number of para-hydroxylation sites is 1. The first kappa shape index (κ1) is 14.9. The number of aliphatic hydroxyl groups is 1. The lowest BCUT2D eigenvalue weighted by Gasteiger charge is -2.21. The van der Waals surface area contributed by atoms with E-state index in [2.05, 4.69) is 0 Å². The van der Waals surface area contributed by atoms with Crippen molar-refractivity contribution >= 4 is 10.0 Å². The smallest absolute Gasteiger partial charge is 0.219 e. The van der Waals surface area contributed by atoms with Crippen LogP contribution in [0.1, 0.15) is 12.5 Å². The van der Waals surface area contributed by atoms with Crippen LogP contribution in [0.2, 0.25) is 0 Å². The van der Waals surface area contributed by atoms with Crippen molar-refractivity contribution in [3.63, 3.8) is 0 Å². The summed E-state index contributed by atoms with van der Waals surface area (Å²) >= 11 is 0. The lowest BCUT2D eigenvalue weighted by molar-refractivity contribution is 0.290. The summed E-state index contributed by atoms with van der Waals surface area (Å²) in [5, 5.41) is 8.15. The maximum atomic E-state index is 12.0. The lowest BCUT2D eigenvalue weighted by atomic mass is 10.2. The molecule has 0 saturated heterocycles. The maximum absolute atomic E-state index is 12.0. The van der Waals surface area contributed by atoms with Gasteiger partial charge in [-0.25, -0.2) is 12.7 Å². The highest BCUT2D eigenvalue weighted by atomic mass is 32.2. The van der Waals surface area contributed by atoms with Crippen molar-refractivity contribution in [2.45, 2.75) is 18.7 Å². The molecule has 1 aromatic rings. The summed E-state index contributed by atoms with van der Waals surface area (Å²) in [5.41, 5.74) is 0.788. The largest absolute Gasteiger partial charge is 0.496 e. The SMILES string of the molecule is COc1ccccc1CN(C)S(=O)(=O)C(C)CO. The van der Waals surface area contributed by atoms with Gasteiger partial charge in [-0.1, -0.05) is 18.2 Å². The topological polar surface area (TPSA) is 66.8 Å². The number of ether oxygens (including phenoxy) is 1. The Morgan fingerprint density at radius 3 is 2.56 bits per heavy atom. The number of hydrogen-bond donors (Lipinski definition) is 1. The van der Waals surface area contributed by atoms with Gasteiger partial charge in [0.2, 0.25) is 10.0 Å². The highest BCUT2D eigenvalue weighted by molar-refractivity contribution is 7.89. The Bertz CT molecular complexity index is 487. The molecular formula is C12H19NO4S. The first-order valence-electron chi connectivity index (χ1n) is 5.61. The quantitative estimate of drug-likeness (QED) is 0.834. The molecule has 18 heavy (non-hydrogen) atoms. The molecule has 5 nitrogen and oxygen atoms in total. The van der Waals surface area contributed by atoms with Crippen LogP contribution in [0.5, 0.6) is 5.75 Å². The average Bonchev–Trinajstić information content (AvgIpc) is 2.38. The minimum atomic E-state index is -3.48. The van der Waals surface area contributed by atoms with E-state index in [0.29, 0.717) is 5.75 Å². The number of aliphatic hydroxyl groups excluding tert-OH is 1. The molecule has 0 heterocycles. The number of hydrogen-bond acceptors (Lipinski definition) is 4. The molecule has 0 aliphatic rings. The molecular weight excluding hydrogens is 254 g/mol. The fourth-order valence-electron chi connectivity index (χ4n) is 1.56. The van der Waals surface area contributed by atoms with Crippen molar-refractivity contribution in [3.05, 3.63) is 29.8 Å². The Labute approximate surface area is 108 Å². The zero-order valence-corrected chi connectivity index (χ0v) is 11.6. The summed E-state index contributed by atoms with van der Waals surface area (Å²) < 4.78 is 30.4. The number of rotatable bonds is 6. The Morgan fingerprint density at radius 2 is 2.00 bits per heavy atom. The van der Waals surface area contributed by atoms with E-state index in [4.69, 9.17) is 9.84 Å². The number of benzene rings is 1. The molecule has 1 N–H and O–H groups in total. The van der Waals surface area contributed by atoms with Crippen molar-refractivity contribution in [1.82, 2.24) is 4.31 Å². The van der Waals surface area contributed by atoms with E-state index in [1.54, 1.807) is 13.2 Å². The van der Waals surface area contributed by atoms with Crippen LogP contribution in [-0.4, -0.2) is 43.8 Å². The number of methoxy groups -OCH3 is 1. The zero-order valence-electron chi connectivity index (χ0n) is 10.8. The van der Waals surface area contributed by atoms with E-state index >= 15 is 0 Å². The van der Waals surface area contributed by atoms with Crippen molar-refractivity contribution in [2.24, 2.45) is 0 Å². The second-order valence-electron chi connectivity index (χ2n) is 4.11. The van der Waals surface area contributed by atoms with E-state index in [1.165, 1.54) is 18.3 Å². The molecule has 0 amide bonds. The van der Waals surface area contributed by atoms with E-state index in [1.807, 2.05) is 18.2 Å². The summed E-state index contributed by atoms with van der Waals surface area (Å²) in [6.45, 7) is 1.31. The van der Waals surface area contributed by atoms with Crippen molar-refractivity contribution in [1.29, 1.82) is 0 Å². The van der Waals surface area contributed by atoms with Gasteiger partial charge in [0.05, 0.1) is 19.0 Å². The van der Waals surface area contributed by atoms with Crippen LogP contribution < -0.4 is 4.74 Å². The standard InChI is InChI=1S/C12H19NO4S/c1-10(9-14)18(15,16)13(2)8-11-6-4-5-7-12(11)17-3/h4-7,10,14H,8-9H2,1-3H3. The van der Waals surface area contributed by atoms with Crippen LogP contribution >= 0.6 is 0 Å². The molecule has 0 spiro atoms. The Kier molecular flexibility index (Phi) is 5.13. The third-order valence-corrected chi connectivity index (χ3v) is 4.95. The molecule has 0 saturated carbocycles. The molecule has 1 unspecified atom stereocenters. The minimum Gasteiger partial charge on any atom is -0.496 e. The molecule has 0 aromatic heterocycles. The van der Waals surface area contributed by atoms with E-state index in [0.717, 1.165) is 5.56 Å². The zero-order chi connectivity index (χ0) is 13.8. The molecule has 0 aliphatic heterocycles. The van der Waals surface area contributed by atoms with Crippen LogP contribution in [0.3, 0.4) is 0 Å². The Morgan fingerprint density at radius 1 is 1.39 bits per heavy atom. The van der Waals surface area contributed by atoms with Gasteiger partial charge in [0, 0.05) is 19.2 Å². The van der Waals surface area contributed by atoms with E-state index < -0.39 is 21.9 Å². The summed E-state index contributed by atoms with van der Waals surface area (Å²) in [7, 11) is -0.445. The third kappa shape index (κ3) is 3.22. The van der Waals surface area contributed by atoms with Gasteiger partial charge in [0.1, 0.15) is 5.75 Å². The number of sulfonamides is 1. The van der Waals surface area contributed by atoms with E-state index in [9.17, 15) is 8.42 Å². The average molecular weight is 273 g/mol. The van der Waals surface area contributed by atoms with Gasteiger partial charge in [-0.15, -0.1) is 0 Å². The first-order chi connectivity index (χ1) is 8.43. The predicted molar refractivity (Wildman–Crippen MR) is 69.9 cm³/mol. The highest BCUT2D eigenvalue weighted by Crippen LogP contribution is 2.20. The molecule has 1 atom stereocenters. The Hall–Kier alpha value is -1.11. The fourth-order valence-corrected chi connectivity index (χ4v) is 2.69. The third-order valence-electron chi connectivity index (χ3n) is 2.79. The molecule has 0 fully saturated rings. The molecule has 0 radical (unpaired) electrons. The van der Waals surface area contributed by atoms with Gasteiger partial charge in [-0.2, -0.15) is 0 Å². The van der Waals surface area contributed by atoms with Gasteiger partial charge in [-0.05, 0) is 13.0 Å². The predicted octanol–water partition coefficient (Wildman–Crippen LogP) is 0.838. The first-order valence-corrected chi connectivity index (χ1v) is 7.11. The molecule has 1 aromatic carbocycles. The normalized spacial score (nSPS) is 13.6. The van der Waals surface area contributed by atoms with Crippen LogP contribution in [0, 0.1) is 0 Å². The molecule has 0 aliphatic carbocycles. The maximum Gasteiger partial charge on any atom is 0.219 e. The van der Waals surface area contributed by atoms with Crippen LogP contribution in [0.25, 0.3) is 0 Å². The van der Waals surface area contributed by atoms with E-state index in [-0.39, 0.29) is 6.54 Å². The molecule has 0 bridgehead atoms. The van der Waals surface area contributed by atoms with Gasteiger partial charge in [-0.3, -0.25) is 0 Å². The minimum absolute atomic E-state index is 0.219. The molecule has 6 heteroatoms. The van der Waals surface area contributed by atoms with Crippen molar-refractivity contribution < 1.29 is 18.3 Å². The second kappa shape index (κ2) is 6.17. The van der Waals surface area contributed by atoms with Crippen molar-refractivity contribution in [3.8, 4) is 5.75 Å². The van der Waals surface area contributed by atoms with Gasteiger partial charge < -0.3 is 9.84 Å². The molecule has 1 rings (SSSR count). The summed E-state index contributed by atoms with van der Waals surface area (Å²) in [5.74, 6) is 0.649. The monoisotopic (exact) mass is 273 g/mol. The van der Waals surface area contributed by atoms with Crippen LogP contribution in [0.4, 0.5) is 0 Å². The fraction of sp³-hybridized carbons (Fsp3) is 0.500. The lowest BCUT2D eigenvalue weighted by Crippen LogP contribution is -2.36. The van der Waals surface area contributed by atoms with Gasteiger partial charge in [0.15, 0.2) is 0 Å².